The van der Waals surface area contributed by atoms with Gasteiger partial charge in [0.25, 0.3) is 0 Å². The number of ketones is 2. The Morgan fingerprint density at radius 1 is 0.875 bits per heavy atom. The Hall–Kier alpha value is -5.62. The quantitative estimate of drug-likeness (QED) is 0.148. The monoisotopic (exact) mass is 878 g/mol. The molecule has 1 saturated heterocycles. The van der Waals surface area contributed by atoms with E-state index in [1.165, 1.54) is 16.0 Å². The average Bonchev–Trinajstić information content (AvgIpc) is 3.28. The summed E-state index contributed by atoms with van der Waals surface area (Å²) in [6, 6.07) is 19.2. The fraction of sp³-hybridized carbons (Fsp3) is 0.520. The van der Waals surface area contributed by atoms with Gasteiger partial charge in [0.05, 0.1) is 12.1 Å². The molecule has 2 aliphatic rings. The summed E-state index contributed by atoms with van der Waals surface area (Å²) < 4.78 is 12.3. The van der Waals surface area contributed by atoms with Gasteiger partial charge in [-0.05, 0) is 90.1 Å². The van der Waals surface area contributed by atoms with E-state index in [2.05, 4.69) is 50.4 Å². The molecule has 64 heavy (non-hydrogen) atoms. The standard InChI is InChI=1S/C50H67N7O7/c1-32-27-43(59)47(56(5)49(62)37(16-20-52)31-46(60)57-23-17-35(18-24-57)34-9-12-38(13-10-34)50(2,3)4)36-11-15-45(64-26-22-54)40(30-36)39-28-33(8-14-44(39)63-25-21-53)29-41(55-48(32)61)42(58)7-6-19-51/h8-15,28,30,32,35,37,41,47H,6-7,16-18,20-27,29,31,52-54H2,1-5H3,(H,55,61)/t32-,37-,41+,47+/m1/s1. The molecule has 1 fully saturated rings. The highest BCUT2D eigenvalue weighted by Gasteiger charge is 2.37. The lowest BCUT2D eigenvalue weighted by atomic mass is 9.83. The van der Waals surface area contributed by atoms with Crippen molar-refractivity contribution in [2.24, 2.45) is 29.0 Å². The van der Waals surface area contributed by atoms with Gasteiger partial charge >= 0.3 is 0 Å². The number of amides is 3. The van der Waals surface area contributed by atoms with Crippen LogP contribution >= 0.6 is 0 Å². The number of nitrogens with zero attached hydrogens (tertiary/aromatic N) is 3. The molecule has 7 N–H and O–H groups in total. The number of Topliss-reactive ketones (excluding diaryl/α,β-unsaturated/α-hetero) is 2. The normalized spacial score (nSPS) is 18.9. The van der Waals surface area contributed by atoms with E-state index in [0.717, 1.165) is 12.8 Å². The summed E-state index contributed by atoms with van der Waals surface area (Å²) >= 11 is 0. The minimum absolute atomic E-state index is 0.0187. The summed E-state index contributed by atoms with van der Waals surface area (Å²) in [7, 11) is 1.54. The number of nitrogens with one attached hydrogen (secondary N) is 1. The van der Waals surface area contributed by atoms with Gasteiger partial charge in [0.2, 0.25) is 17.7 Å². The minimum Gasteiger partial charge on any atom is -0.492 e. The van der Waals surface area contributed by atoms with E-state index in [9.17, 15) is 29.2 Å². The number of likely N-dealkylation sites (N-methyl/N-ethyl adjacent to an activating group) is 1. The number of nitrogens with two attached hydrogens (primary N) is 3. The Bertz CT molecular complexity index is 2150. The second kappa shape index (κ2) is 22.8. The second-order valence-corrected chi connectivity index (χ2v) is 18.2. The molecule has 4 bridgehead atoms. The number of fused-ring (bicyclic) bond motifs is 5. The highest BCUT2D eigenvalue weighted by molar-refractivity contribution is 5.96. The van der Waals surface area contributed by atoms with E-state index in [-0.39, 0.29) is 88.5 Å². The maximum atomic E-state index is 14.7. The van der Waals surface area contributed by atoms with Crippen LogP contribution in [0.2, 0.25) is 0 Å². The van der Waals surface area contributed by atoms with E-state index in [1.807, 2.05) is 17.0 Å². The lowest BCUT2D eigenvalue weighted by Gasteiger charge is -2.35. The predicted octanol–water partition coefficient (Wildman–Crippen LogP) is 5.10. The lowest BCUT2D eigenvalue weighted by Crippen LogP contribution is -2.46. The third-order valence-electron chi connectivity index (χ3n) is 12.4. The molecule has 344 valence electrons. The van der Waals surface area contributed by atoms with Crippen LogP contribution in [-0.4, -0.2) is 98.1 Å². The van der Waals surface area contributed by atoms with Crippen LogP contribution in [0, 0.1) is 23.2 Å². The van der Waals surface area contributed by atoms with Crippen LogP contribution in [0.1, 0.15) is 107 Å². The van der Waals surface area contributed by atoms with Gasteiger partial charge in [0.15, 0.2) is 11.6 Å². The first-order valence-corrected chi connectivity index (χ1v) is 22.6. The van der Waals surface area contributed by atoms with E-state index >= 15 is 0 Å². The molecule has 3 aromatic rings. The topological polar surface area (TPSA) is 224 Å². The van der Waals surface area contributed by atoms with Crippen molar-refractivity contribution in [3.05, 3.63) is 82.9 Å². The molecule has 0 saturated carbocycles. The molecular formula is C50H67N7O7. The Morgan fingerprint density at radius 2 is 1.48 bits per heavy atom. The van der Waals surface area contributed by atoms with Crippen molar-refractivity contribution in [3.8, 4) is 28.7 Å². The Kier molecular flexibility index (Phi) is 17.6. The molecule has 0 spiro atoms. The smallest absolute Gasteiger partial charge is 0.226 e. The summed E-state index contributed by atoms with van der Waals surface area (Å²) in [5.41, 5.74) is 22.6. The van der Waals surface area contributed by atoms with Crippen molar-refractivity contribution in [2.75, 3.05) is 53.0 Å². The molecule has 0 radical (unpaired) electrons. The first-order chi connectivity index (χ1) is 30.6. The third-order valence-corrected chi connectivity index (χ3v) is 12.4. The fourth-order valence-corrected chi connectivity index (χ4v) is 8.70. The zero-order chi connectivity index (χ0) is 46.6. The maximum Gasteiger partial charge on any atom is 0.226 e. The Balaban J connectivity index is 1.49. The van der Waals surface area contributed by atoms with Crippen molar-refractivity contribution >= 4 is 29.3 Å². The fourth-order valence-electron chi connectivity index (χ4n) is 8.70. The number of rotatable bonds is 16. The predicted molar refractivity (Wildman–Crippen MR) is 246 cm³/mol. The summed E-state index contributed by atoms with van der Waals surface area (Å²) in [6.45, 7) is 10.3. The maximum absolute atomic E-state index is 14.7. The molecule has 5 rings (SSSR count). The van der Waals surface area contributed by atoms with E-state index < -0.39 is 41.5 Å². The van der Waals surface area contributed by atoms with Crippen LogP contribution < -0.4 is 32.0 Å². The SMILES string of the molecule is C[C@@H]1CC(=O)[C@@H](N(C)C(=O)[C@H](CCN)CC(=O)N2CCC(c3ccc(C(C)(C)C)cc3)CC2)c2ccc(OCCN)c(c2)-c2cc(ccc2OCCN)C[C@@H](C(=O)CCC#N)NC1=O. The molecule has 14 nitrogen and oxygen atoms in total. The van der Waals surface area contributed by atoms with Crippen molar-refractivity contribution in [1.29, 1.82) is 5.26 Å². The first-order valence-electron chi connectivity index (χ1n) is 22.6. The summed E-state index contributed by atoms with van der Waals surface area (Å²) in [6.07, 6.45) is 1.53. The molecule has 4 atom stereocenters. The summed E-state index contributed by atoms with van der Waals surface area (Å²) in [5, 5.41) is 12.1. The third kappa shape index (κ3) is 12.5. The van der Waals surface area contributed by atoms with Crippen molar-refractivity contribution in [3.63, 3.8) is 0 Å². The lowest BCUT2D eigenvalue weighted by molar-refractivity contribution is -0.145. The van der Waals surface area contributed by atoms with Gasteiger partial charge < -0.3 is 41.8 Å². The number of likely N-dealkylation sites (tertiary alicyclic amines) is 1. The number of piperidine rings is 1. The van der Waals surface area contributed by atoms with Crippen molar-refractivity contribution in [1.82, 2.24) is 15.1 Å². The molecule has 2 aliphatic heterocycles. The molecule has 0 aliphatic carbocycles. The molecular weight excluding hydrogens is 811 g/mol. The van der Waals surface area contributed by atoms with E-state index in [4.69, 9.17) is 26.7 Å². The Morgan fingerprint density at radius 3 is 2.08 bits per heavy atom. The number of benzene rings is 3. The Labute approximate surface area is 378 Å². The van der Waals surface area contributed by atoms with Gasteiger partial charge in [-0.3, -0.25) is 24.0 Å². The van der Waals surface area contributed by atoms with Crippen LogP contribution in [0.4, 0.5) is 0 Å². The molecule has 3 amide bonds. The number of carbonyl (C=O) groups is 5. The van der Waals surface area contributed by atoms with Crippen LogP contribution in [0.3, 0.4) is 0 Å². The average molecular weight is 878 g/mol. The number of hydrogen-bond donors (Lipinski definition) is 4. The number of carbonyl (C=O) groups excluding carboxylic acids is 5. The molecule has 2 heterocycles. The zero-order valence-electron chi connectivity index (χ0n) is 38.2. The van der Waals surface area contributed by atoms with Gasteiger partial charge in [-0.2, -0.15) is 5.26 Å². The largest absolute Gasteiger partial charge is 0.492 e. The molecule has 14 heteroatoms. The van der Waals surface area contributed by atoms with Crippen molar-refractivity contribution < 1.29 is 33.4 Å². The van der Waals surface area contributed by atoms with Gasteiger partial charge in [0.1, 0.15) is 30.8 Å². The molecule has 3 aromatic carbocycles. The van der Waals surface area contributed by atoms with Crippen LogP contribution in [0.5, 0.6) is 11.5 Å². The number of nitriles is 1. The molecule has 0 unspecified atom stereocenters. The van der Waals surface area contributed by atoms with Crippen LogP contribution in [0.25, 0.3) is 11.1 Å². The second-order valence-electron chi connectivity index (χ2n) is 18.2. The van der Waals surface area contributed by atoms with Gasteiger partial charge in [-0.15, -0.1) is 0 Å². The molecule has 0 aromatic heterocycles. The van der Waals surface area contributed by atoms with Crippen LogP contribution in [0.15, 0.2) is 60.7 Å². The van der Waals surface area contributed by atoms with E-state index in [1.54, 1.807) is 44.3 Å². The van der Waals surface area contributed by atoms with Gasteiger partial charge in [-0.25, -0.2) is 0 Å². The first kappa shape index (κ1) is 49.4. The zero-order valence-corrected chi connectivity index (χ0v) is 38.2. The van der Waals surface area contributed by atoms with Crippen LogP contribution in [-0.2, 0) is 35.8 Å². The van der Waals surface area contributed by atoms with Gasteiger partial charge in [-0.1, -0.05) is 64.1 Å². The van der Waals surface area contributed by atoms with Crippen molar-refractivity contribution in [2.45, 2.75) is 102 Å². The minimum atomic E-state index is -1.19. The number of hydrogen-bond acceptors (Lipinski definition) is 11. The highest BCUT2D eigenvalue weighted by Crippen LogP contribution is 2.41. The highest BCUT2D eigenvalue weighted by atomic mass is 16.5. The number of ether oxygens (including phenoxy) is 2. The summed E-state index contributed by atoms with van der Waals surface area (Å²) in [5.74, 6) is -2.30. The van der Waals surface area contributed by atoms with Gasteiger partial charge in [0, 0.05) is 81.9 Å². The summed E-state index contributed by atoms with van der Waals surface area (Å²) in [4.78, 5) is 73.8. The van der Waals surface area contributed by atoms with E-state index in [0.29, 0.717) is 52.8 Å².